The van der Waals surface area contributed by atoms with E-state index < -0.39 is 47.1 Å². The normalized spacial score (nSPS) is 22.4. The van der Waals surface area contributed by atoms with Gasteiger partial charge in [0.2, 0.25) is 5.91 Å². The van der Waals surface area contributed by atoms with Crippen molar-refractivity contribution < 1.29 is 41.0 Å². The topological polar surface area (TPSA) is 58.6 Å². The third-order valence-electron chi connectivity index (χ3n) is 5.28. The Morgan fingerprint density at radius 2 is 1.62 bits per heavy atom. The summed E-state index contributed by atoms with van der Waals surface area (Å²) in [7, 11) is 0. The van der Waals surface area contributed by atoms with E-state index in [2.05, 4.69) is 11.9 Å². The van der Waals surface area contributed by atoms with Crippen molar-refractivity contribution in [3.63, 3.8) is 0 Å². The molecule has 4 nitrogen and oxygen atoms in total. The van der Waals surface area contributed by atoms with E-state index in [-0.39, 0.29) is 23.8 Å². The summed E-state index contributed by atoms with van der Waals surface area (Å²) in [6, 6.07) is 9.46. The van der Waals surface area contributed by atoms with Gasteiger partial charge in [-0.2, -0.15) is 26.3 Å². The second kappa shape index (κ2) is 8.16. The maximum atomic E-state index is 13.2. The van der Waals surface area contributed by atoms with Gasteiger partial charge in [0.15, 0.2) is 0 Å². The number of aliphatic hydroxyl groups excluding tert-OH is 1. The molecule has 0 radical (unpaired) electrons. The lowest BCUT2D eigenvalue weighted by atomic mass is 9.86. The predicted molar refractivity (Wildman–Crippen MR) is 102 cm³/mol. The fraction of sp³-hybridized carbons (Fsp3) is 0.318. The average molecular weight is 459 g/mol. The van der Waals surface area contributed by atoms with E-state index in [9.17, 15) is 36.2 Å². The number of hydrogen-bond acceptors (Lipinski definition) is 3. The highest BCUT2D eigenvalue weighted by molar-refractivity contribution is 5.85. The quantitative estimate of drug-likeness (QED) is 0.484. The number of ether oxygens (including phenoxy) is 1. The summed E-state index contributed by atoms with van der Waals surface area (Å²) in [5.74, 6) is -0.836. The highest BCUT2D eigenvalue weighted by Crippen LogP contribution is 2.42. The van der Waals surface area contributed by atoms with Gasteiger partial charge < -0.3 is 15.2 Å². The molecule has 1 aliphatic heterocycles. The number of benzene rings is 2. The van der Waals surface area contributed by atoms with Gasteiger partial charge >= 0.3 is 12.4 Å². The molecule has 1 heterocycles. The molecule has 2 aromatic rings. The van der Waals surface area contributed by atoms with E-state index in [0.717, 1.165) is 0 Å². The summed E-state index contributed by atoms with van der Waals surface area (Å²) in [6.45, 7) is 5.04. The summed E-state index contributed by atoms with van der Waals surface area (Å²) >= 11 is 0. The lowest BCUT2D eigenvalue weighted by Gasteiger charge is -2.33. The van der Waals surface area contributed by atoms with Crippen LogP contribution in [0, 0.1) is 0 Å². The Bertz CT molecular complexity index is 986. The van der Waals surface area contributed by atoms with Gasteiger partial charge in [-0.3, -0.25) is 4.79 Å². The minimum atomic E-state index is -5.00. The molecule has 32 heavy (non-hydrogen) atoms. The number of carbonyl (C=O) groups excluding carboxylic acids is 1. The van der Waals surface area contributed by atoms with E-state index in [1.165, 1.54) is 6.92 Å². The molecular formula is C22H19F6NO3. The van der Waals surface area contributed by atoms with E-state index >= 15 is 0 Å². The van der Waals surface area contributed by atoms with Crippen LogP contribution in [0.4, 0.5) is 26.3 Å². The zero-order valence-electron chi connectivity index (χ0n) is 16.7. The second-order valence-corrected chi connectivity index (χ2v) is 7.50. The first-order chi connectivity index (χ1) is 14.7. The monoisotopic (exact) mass is 459 g/mol. The van der Waals surface area contributed by atoms with E-state index in [4.69, 9.17) is 4.74 Å². The maximum absolute atomic E-state index is 13.2. The first-order valence-electron chi connectivity index (χ1n) is 9.45. The van der Waals surface area contributed by atoms with Gasteiger partial charge in [-0.25, -0.2) is 0 Å². The van der Waals surface area contributed by atoms with Gasteiger partial charge in [-0.05, 0) is 36.2 Å². The van der Waals surface area contributed by atoms with Crippen LogP contribution in [-0.2, 0) is 27.4 Å². The lowest BCUT2D eigenvalue weighted by Crippen LogP contribution is -2.41. The van der Waals surface area contributed by atoms with Crippen molar-refractivity contribution >= 4 is 5.91 Å². The summed E-state index contributed by atoms with van der Waals surface area (Å²) in [4.78, 5) is 12.0. The number of rotatable bonds is 5. The fourth-order valence-corrected chi connectivity index (χ4v) is 3.58. The van der Waals surface area contributed by atoms with E-state index in [0.29, 0.717) is 17.7 Å². The Morgan fingerprint density at radius 3 is 2.06 bits per heavy atom. The van der Waals surface area contributed by atoms with Crippen LogP contribution in [0.15, 0.2) is 60.9 Å². The van der Waals surface area contributed by atoms with Crippen LogP contribution in [0.5, 0.6) is 0 Å². The highest BCUT2D eigenvalue weighted by atomic mass is 19.4. The number of hydrogen-bond donors (Lipinski definition) is 2. The minimum Gasteiger partial charge on any atom is -0.488 e. The first-order valence-corrected chi connectivity index (χ1v) is 9.45. The molecule has 172 valence electrons. The molecule has 2 aromatic carbocycles. The lowest BCUT2D eigenvalue weighted by molar-refractivity contribution is -0.143. The molecule has 1 aliphatic rings. The molecule has 10 heteroatoms. The number of nitrogens with one attached hydrogen (secondary N) is 1. The molecule has 3 atom stereocenters. The molecule has 0 saturated carbocycles. The minimum absolute atomic E-state index is 0.0318. The van der Waals surface area contributed by atoms with Crippen molar-refractivity contribution in [2.75, 3.05) is 0 Å². The van der Waals surface area contributed by atoms with Crippen LogP contribution in [-0.4, -0.2) is 17.1 Å². The highest BCUT2D eigenvalue weighted by Gasteiger charge is 2.48. The number of halogens is 6. The van der Waals surface area contributed by atoms with Crippen LogP contribution in [0.25, 0.3) is 0 Å². The zero-order chi connectivity index (χ0) is 23.9. The van der Waals surface area contributed by atoms with Crippen molar-refractivity contribution in [1.29, 1.82) is 0 Å². The molecule has 0 spiro atoms. The summed E-state index contributed by atoms with van der Waals surface area (Å²) in [6.07, 6.45) is -12.8. The average Bonchev–Trinajstić information content (AvgIpc) is 3.02. The maximum Gasteiger partial charge on any atom is 0.416 e. The second-order valence-electron chi connectivity index (χ2n) is 7.50. The van der Waals surface area contributed by atoms with Crippen molar-refractivity contribution in [2.45, 2.75) is 43.4 Å². The number of amides is 1. The molecule has 0 bridgehead atoms. The Hall–Kier alpha value is -3.01. The van der Waals surface area contributed by atoms with Crippen molar-refractivity contribution in [1.82, 2.24) is 5.32 Å². The van der Waals surface area contributed by atoms with Crippen LogP contribution < -0.4 is 5.32 Å². The predicted octanol–water partition coefficient (Wildman–Crippen LogP) is 5.09. The summed E-state index contributed by atoms with van der Waals surface area (Å²) in [5, 5.41) is 12.6. The van der Waals surface area contributed by atoms with Gasteiger partial charge in [-0.1, -0.05) is 36.9 Å². The molecule has 1 saturated heterocycles. The van der Waals surface area contributed by atoms with Crippen LogP contribution in [0.2, 0.25) is 0 Å². The third kappa shape index (κ3) is 4.59. The van der Waals surface area contributed by atoms with Crippen molar-refractivity contribution in [3.8, 4) is 0 Å². The summed E-state index contributed by atoms with van der Waals surface area (Å²) < 4.78 is 84.7. The van der Waals surface area contributed by atoms with Gasteiger partial charge in [0.1, 0.15) is 23.5 Å². The molecular weight excluding hydrogens is 440 g/mol. The van der Waals surface area contributed by atoms with Crippen molar-refractivity contribution in [3.05, 3.63) is 83.1 Å². The molecule has 3 rings (SSSR count). The largest absolute Gasteiger partial charge is 0.488 e. The smallest absolute Gasteiger partial charge is 0.416 e. The molecule has 0 aliphatic carbocycles. The zero-order valence-corrected chi connectivity index (χ0v) is 16.7. The van der Waals surface area contributed by atoms with E-state index in [1.54, 1.807) is 30.3 Å². The SMILES string of the molecule is C=C(O[C@H](C)c1cc(C(F)(F)F)cc(C(F)(F)F)c1)[C@@]1(c2ccccc2)CC(O)C(=O)N1. The number of carbonyl (C=O) groups is 1. The van der Waals surface area contributed by atoms with Crippen LogP contribution in [0.1, 0.15) is 41.7 Å². The molecule has 1 unspecified atom stereocenters. The number of alkyl halides is 6. The molecule has 2 N–H and O–H groups in total. The van der Waals surface area contributed by atoms with Crippen LogP contribution in [0.3, 0.4) is 0 Å². The van der Waals surface area contributed by atoms with Crippen molar-refractivity contribution in [2.24, 2.45) is 0 Å². The Morgan fingerprint density at radius 1 is 1.09 bits per heavy atom. The van der Waals surface area contributed by atoms with Gasteiger partial charge in [0.25, 0.3) is 0 Å². The number of aliphatic hydroxyl groups is 1. The molecule has 0 aromatic heterocycles. The van der Waals surface area contributed by atoms with Crippen LogP contribution >= 0.6 is 0 Å². The molecule has 1 amide bonds. The van der Waals surface area contributed by atoms with E-state index in [1.807, 2.05) is 0 Å². The Labute approximate surface area is 179 Å². The molecule has 1 fully saturated rings. The standard InChI is InChI=1S/C22H19F6NO3/c1-12(14-8-16(21(23,24)25)10-17(9-14)22(26,27)28)32-13(2)20(11-18(30)19(31)29-20)15-6-4-3-5-7-15/h3-10,12,18,30H,2,11H2,1H3,(H,29,31)/t12-,18?,20-/m1/s1. The Kier molecular flexibility index (Phi) is 6.03. The summed E-state index contributed by atoms with van der Waals surface area (Å²) in [5.41, 5.74) is -4.22. The van der Waals surface area contributed by atoms with Gasteiger partial charge in [0.05, 0.1) is 11.1 Å². The first kappa shape index (κ1) is 23.6. The third-order valence-corrected chi connectivity index (χ3v) is 5.28. The Balaban J connectivity index is 1.97. The van der Waals surface area contributed by atoms with Gasteiger partial charge in [0, 0.05) is 6.42 Å². The fourth-order valence-electron chi connectivity index (χ4n) is 3.58. The van der Waals surface area contributed by atoms with Gasteiger partial charge in [-0.15, -0.1) is 0 Å².